The Hall–Kier alpha value is -1.39. The summed E-state index contributed by atoms with van der Waals surface area (Å²) in [5, 5.41) is 7.79. The van der Waals surface area contributed by atoms with Gasteiger partial charge in [0.25, 0.3) is 0 Å². The van der Waals surface area contributed by atoms with Gasteiger partial charge in [-0.15, -0.1) is 24.0 Å². The average Bonchev–Trinajstić information content (AvgIpc) is 3.09. The lowest BCUT2D eigenvalue weighted by Crippen LogP contribution is -2.39. The van der Waals surface area contributed by atoms with E-state index in [1.54, 1.807) is 7.05 Å². The molecule has 2 heterocycles. The van der Waals surface area contributed by atoms with E-state index in [-0.39, 0.29) is 29.8 Å². The Kier molecular flexibility index (Phi) is 10.0. The van der Waals surface area contributed by atoms with Gasteiger partial charge in [0, 0.05) is 50.3 Å². The average molecular weight is 503 g/mol. The number of morpholine rings is 1. The van der Waals surface area contributed by atoms with Gasteiger partial charge in [-0.05, 0) is 49.6 Å². The maximum atomic E-state index is 13.3. The van der Waals surface area contributed by atoms with Crippen molar-refractivity contribution in [3.05, 3.63) is 35.8 Å². The predicted octanol–water partition coefficient (Wildman–Crippen LogP) is 2.74. The molecule has 1 saturated heterocycles. The molecule has 6 nitrogen and oxygen atoms in total. The molecular formula is C20H31FIN5O. The van der Waals surface area contributed by atoms with Gasteiger partial charge in [-0.25, -0.2) is 4.39 Å². The van der Waals surface area contributed by atoms with Crippen LogP contribution in [0.1, 0.15) is 18.4 Å². The van der Waals surface area contributed by atoms with Crippen LogP contribution in [0, 0.1) is 5.82 Å². The van der Waals surface area contributed by atoms with Crippen molar-refractivity contribution in [3.8, 4) is 0 Å². The number of aromatic nitrogens is 1. The van der Waals surface area contributed by atoms with Crippen LogP contribution in [-0.2, 0) is 11.2 Å². The van der Waals surface area contributed by atoms with Crippen LogP contribution in [0.5, 0.6) is 0 Å². The molecule has 1 aromatic carbocycles. The standard InChI is InChI=1S/C20H30FN5O.HI/c1-22-20(23-7-2-3-9-26-10-12-27-13-11-26)24-8-6-16-15-25-19-14-17(21)4-5-18(16)19;/h4-5,14-15,25H,2-3,6-13H2,1H3,(H2,22,23,24);1H. The molecule has 3 N–H and O–H groups in total. The molecule has 1 aromatic heterocycles. The summed E-state index contributed by atoms with van der Waals surface area (Å²) in [6, 6.07) is 4.87. The van der Waals surface area contributed by atoms with Crippen molar-refractivity contribution in [3.63, 3.8) is 0 Å². The normalized spacial score (nSPS) is 15.4. The molecule has 2 aromatic rings. The van der Waals surface area contributed by atoms with Crippen molar-refractivity contribution in [1.29, 1.82) is 0 Å². The number of rotatable bonds is 8. The smallest absolute Gasteiger partial charge is 0.190 e. The fourth-order valence-corrected chi connectivity index (χ4v) is 3.39. The SMILES string of the molecule is CN=C(NCCCCN1CCOCC1)NCCc1c[nH]c2cc(F)ccc12.I. The molecule has 3 rings (SSSR count). The highest BCUT2D eigenvalue weighted by Gasteiger charge is 2.09. The second-order valence-electron chi connectivity index (χ2n) is 6.84. The van der Waals surface area contributed by atoms with E-state index in [2.05, 4.69) is 25.5 Å². The van der Waals surface area contributed by atoms with E-state index >= 15 is 0 Å². The molecule has 1 aliphatic rings. The van der Waals surface area contributed by atoms with E-state index in [0.29, 0.717) is 0 Å². The zero-order valence-electron chi connectivity index (χ0n) is 16.5. The van der Waals surface area contributed by atoms with Crippen LogP contribution in [0.4, 0.5) is 4.39 Å². The Morgan fingerprint density at radius 1 is 1.21 bits per heavy atom. The Bertz CT molecular complexity index is 745. The van der Waals surface area contributed by atoms with Crippen LogP contribution in [0.15, 0.2) is 29.4 Å². The predicted molar refractivity (Wildman–Crippen MR) is 123 cm³/mol. The monoisotopic (exact) mass is 503 g/mol. The molecule has 0 unspecified atom stereocenters. The van der Waals surface area contributed by atoms with Crippen LogP contribution >= 0.6 is 24.0 Å². The molecule has 0 atom stereocenters. The molecule has 0 saturated carbocycles. The van der Waals surface area contributed by atoms with Crippen molar-refractivity contribution in [2.45, 2.75) is 19.3 Å². The van der Waals surface area contributed by atoms with E-state index in [1.807, 2.05) is 12.3 Å². The van der Waals surface area contributed by atoms with Gasteiger partial charge in [0.1, 0.15) is 5.82 Å². The number of hydrogen-bond acceptors (Lipinski definition) is 3. The van der Waals surface area contributed by atoms with E-state index in [0.717, 1.165) is 75.6 Å². The summed E-state index contributed by atoms with van der Waals surface area (Å²) in [4.78, 5) is 9.87. The van der Waals surface area contributed by atoms with Gasteiger partial charge in [0.15, 0.2) is 5.96 Å². The summed E-state index contributed by atoms with van der Waals surface area (Å²) in [5.41, 5.74) is 2.02. The van der Waals surface area contributed by atoms with Crippen molar-refractivity contribution >= 4 is 40.8 Å². The number of hydrogen-bond donors (Lipinski definition) is 3. The third-order valence-corrected chi connectivity index (χ3v) is 4.94. The maximum absolute atomic E-state index is 13.3. The van der Waals surface area contributed by atoms with Gasteiger partial charge in [-0.3, -0.25) is 9.89 Å². The molecule has 0 radical (unpaired) electrons. The molecule has 1 aliphatic heterocycles. The number of aromatic amines is 1. The number of nitrogens with zero attached hydrogens (tertiary/aromatic N) is 2. The molecule has 0 aliphatic carbocycles. The number of aliphatic imine (C=N–C) groups is 1. The second kappa shape index (κ2) is 12.2. The first-order valence-electron chi connectivity index (χ1n) is 9.76. The zero-order chi connectivity index (χ0) is 18.9. The van der Waals surface area contributed by atoms with Crippen molar-refractivity contribution in [1.82, 2.24) is 20.5 Å². The highest BCUT2D eigenvalue weighted by atomic mass is 127. The first-order valence-corrected chi connectivity index (χ1v) is 9.76. The Morgan fingerprint density at radius 2 is 2.00 bits per heavy atom. The summed E-state index contributed by atoms with van der Waals surface area (Å²) >= 11 is 0. The number of halogens is 2. The first-order chi connectivity index (χ1) is 13.3. The van der Waals surface area contributed by atoms with Gasteiger partial charge in [-0.1, -0.05) is 0 Å². The van der Waals surface area contributed by atoms with Gasteiger partial charge in [-0.2, -0.15) is 0 Å². The summed E-state index contributed by atoms with van der Waals surface area (Å²) in [6.07, 6.45) is 5.10. The van der Waals surface area contributed by atoms with Crippen molar-refractivity contribution in [2.75, 3.05) is 53.0 Å². The van der Waals surface area contributed by atoms with Gasteiger partial charge >= 0.3 is 0 Å². The van der Waals surface area contributed by atoms with E-state index < -0.39 is 0 Å². The number of guanidine groups is 1. The molecular weight excluding hydrogens is 472 g/mol. The fraction of sp³-hybridized carbons (Fsp3) is 0.550. The van der Waals surface area contributed by atoms with Crippen molar-refractivity contribution < 1.29 is 9.13 Å². The third kappa shape index (κ3) is 6.89. The summed E-state index contributed by atoms with van der Waals surface area (Å²) < 4.78 is 18.6. The minimum absolute atomic E-state index is 0. The van der Waals surface area contributed by atoms with E-state index in [9.17, 15) is 4.39 Å². The minimum Gasteiger partial charge on any atom is -0.379 e. The van der Waals surface area contributed by atoms with Crippen LogP contribution in [0.3, 0.4) is 0 Å². The highest BCUT2D eigenvalue weighted by Crippen LogP contribution is 2.19. The lowest BCUT2D eigenvalue weighted by molar-refractivity contribution is 0.0372. The van der Waals surface area contributed by atoms with Gasteiger partial charge in [0.2, 0.25) is 0 Å². The van der Waals surface area contributed by atoms with Gasteiger partial charge in [0.05, 0.1) is 13.2 Å². The largest absolute Gasteiger partial charge is 0.379 e. The van der Waals surface area contributed by atoms with Crippen LogP contribution in [-0.4, -0.2) is 68.8 Å². The van der Waals surface area contributed by atoms with Gasteiger partial charge < -0.3 is 20.4 Å². The van der Waals surface area contributed by atoms with Crippen molar-refractivity contribution in [2.24, 2.45) is 4.99 Å². The quantitative estimate of drug-likeness (QED) is 0.225. The molecule has 0 bridgehead atoms. The maximum Gasteiger partial charge on any atom is 0.190 e. The summed E-state index contributed by atoms with van der Waals surface area (Å²) in [5.74, 6) is 0.611. The Balaban J connectivity index is 0.00000280. The second-order valence-corrected chi connectivity index (χ2v) is 6.84. The lowest BCUT2D eigenvalue weighted by Gasteiger charge is -2.26. The summed E-state index contributed by atoms with van der Waals surface area (Å²) in [6.45, 7) is 6.65. The van der Waals surface area contributed by atoms with E-state index in [1.165, 1.54) is 24.1 Å². The van der Waals surface area contributed by atoms with Crippen LogP contribution in [0.2, 0.25) is 0 Å². The zero-order valence-corrected chi connectivity index (χ0v) is 18.8. The Labute approximate surface area is 183 Å². The molecule has 1 fully saturated rings. The number of H-pyrrole nitrogens is 1. The Morgan fingerprint density at radius 3 is 2.79 bits per heavy atom. The number of nitrogens with one attached hydrogen (secondary N) is 3. The molecule has 156 valence electrons. The third-order valence-electron chi connectivity index (χ3n) is 4.94. The van der Waals surface area contributed by atoms with E-state index in [4.69, 9.17) is 4.74 Å². The molecule has 28 heavy (non-hydrogen) atoms. The van der Waals surface area contributed by atoms with Crippen LogP contribution in [0.25, 0.3) is 10.9 Å². The number of fused-ring (bicyclic) bond motifs is 1. The molecule has 0 amide bonds. The lowest BCUT2D eigenvalue weighted by atomic mass is 10.1. The molecule has 8 heteroatoms. The first kappa shape index (κ1) is 22.9. The number of unbranched alkanes of at least 4 members (excludes halogenated alkanes) is 1. The fourth-order valence-electron chi connectivity index (χ4n) is 3.39. The topological polar surface area (TPSA) is 64.7 Å². The van der Waals surface area contributed by atoms with Crippen LogP contribution < -0.4 is 10.6 Å². The molecule has 0 spiro atoms. The number of ether oxygens (including phenoxy) is 1. The minimum atomic E-state index is -0.216. The number of benzene rings is 1. The summed E-state index contributed by atoms with van der Waals surface area (Å²) in [7, 11) is 1.79. The highest BCUT2D eigenvalue weighted by molar-refractivity contribution is 14.0.